The molecule has 1 amide bonds. The Labute approximate surface area is 168 Å². The maximum atomic E-state index is 13.3. The lowest BCUT2D eigenvalue weighted by Crippen LogP contribution is -2.56. The number of carbonyl (C=O) groups excluding carboxylic acids is 2. The van der Waals surface area contributed by atoms with Crippen molar-refractivity contribution < 1.29 is 27.5 Å². The van der Waals surface area contributed by atoms with Crippen molar-refractivity contribution in [3.05, 3.63) is 35.4 Å². The van der Waals surface area contributed by atoms with Crippen molar-refractivity contribution in [2.75, 3.05) is 7.11 Å². The van der Waals surface area contributed by atoms with E-state index in [1.54, 1.807) is 0 Å². The highest BCUT2D eigenvalue weighted by Crippen LogP contribution is 2.60. The Balaban J connectivity index is 1.55. The predicted molar refractivity (Wildman–Crippen MR) is 99.7 cm³/mol. The number of esters is 1. The summed E-state index contributed by atoms with van der Waals surface area (Å²) in [5, 5.41) is 2.77. The molecule has 158 valence electrons. The van der Waals surface area contributed by atoms with Gasteiger partial charge in [0.1, 0.15) is 6.04 Å². The summed E-state index contributed by atoms with van der Waals surface area (Å²) < 4.78 is 44.8. The average molecular weight is 409 g/mol. The van der Waals surface area contributed by atoms with E-state index in [2.05, 4.69) is 5.32 Å². The van der Waals surface area contributed by atoms with Crippen molar-refractivity contribution in [1.29, 1.82) is 0 Å². The van der Waals surface area contributed by atoms with Crippen LogP contribution in [0.25, 0.3) is 0 Å². The third-order valence-corrected chi connectivity index (χ3v) is 7.06. The summed E-state index contributed by atoms with van der Waals surface area (Å²) in [6.07, 6.45) is 1.19. The van der Waals surface area contributed by atoms with E-state index in [-0.39, 0.29) is 17.9 Å². The monoisotopic (exact) mass is 409 g/mol. The number of halogens is 3. The molecule has 4 saturated carbocycles. The van der Waals surface area contributed by atoms with E-state index in [1.807, 2.05) is 0 Å². The van der Waals surface area contributed by atoms with Gasteiger partial charge < -0.3 is 10.1 Å². The van der Waals surface area contributed by atoms with Crippen LogP contribution in [0.4, 0.5) is 13.2 Å². The van der Waals surface area contributed by atoms with Crippen LogP contribution < -0.4 is 5.32 Å². The Morgan fingerprint density at radius 1 is 1.10 bits per heavy atom. The summed E-state index contributed by atoms with van der Waals surface area (Å²) >= 11 is 0. The van der Waals surface area contributed by atoms with Crippen LogP contribution >= 0.6 is 0 Å². The highest BCUT2D eigenvalue weighted by Gasteiger charge is 2.55. The van der Waals surface area contributed by atoms with E-state index < -0.39 is 29.2 Å². The van der Waals surface area contributed by atoms with Crippen LogP contribution in [0.3, 0.4) is 0 Å². The number of ether oxygens (including phenoxy) is 1. The van der Waals surface area contributed by atoms with Crippen LogP contribution in [0.1, 0.15) is 49.7 Å². The van der Waals surface area contributed by atoms with Crippen LogP contribution in [0, 0.1) is 23.2 Å². The minimum atomic E-state index is -4.53. The van der Waals surface area contributed by atoms with E-state index >= 15 is 0 Å². The third kappa shape index (κ3) is 3.88. The Bertz CT molecular complexity index is 769. The number of methoxy groups -OCH3 is 1. The highest BCUT2D eigenvalue weighted by atomic mass is 19.4. The van der Waals surface area contributed by atoms with Gasteiger partial charge in [0.2, 0.25) is 5.91 Å². The minimum Gasteiger partial charge on any atom is -0.467 e. The van der Waals surface area contributed by atoms with Crippen LogP contribution in [0.2, 0.25) is 0 Å². The molecule has 1 aromatic carbocycles. The Hall–Kier alpha value is -2.05. The molecule has 0 radical (unpaired) electrons. The van der Waals surface area contributed by atoms with Gasteiger partial charge in [-0.25, -0.2) is 4.79 Å². The van der Waals surface area contributed by atoms with Crippen LogP contribution in [-0.2, 0) is 26.9 Å². The zero-order chi connectivity index (χ0) is 20.8. The van der Waals surface area contributed by atoms with Crippen molar-refractivity contribution in [2.45, 2.75) is 57.2 Å². The molecule has 4 nitrogen and oxygen atoms in total. The summed E-state index contributed by atoms with van der Waals surface area (Å²) in [4.78, 5) is 25.6. The maximum absolute atomic E-state index is 13.3. The number of nitrogens with one attached hydrogen (secondary N) is 1. The van der Waals surface area contributed by atoms with Crippen LogP contribution in [-0.4, -0.2) is 25.0 Å². The molecule has 0 spiro atoms. The SMILES string of the molecule is COC(=O)[C@@H](Cc1ccccc1C(F)(F)F)NC(=O)C12CC3CC(CC(C3)C1)C2. The average Bonchev–Trinajstić information content (AvgIpc) is 2.65. The maximum Gasteiger partial charge on any atom is 0.416 e. The van der Waals surface area contributed by atoms with Crippen molar-refractivity contribution >= 4 is 11.9 Å². The summed E-state index contributed by atoms with van der Waals surface area (Å²) in [6.45, 7) is 0. The number of benzene rings is 1. The second kappa shape index (κ2) is 7.33. The molecule has 7 heteroatoms. The van der Waals surface area contributed by atoms with Crippen molar-refractivity contribution in [2.24, 2.45) is 23.2 Å². The number of hydrogen-bond donors (Lipinski definition) is 1. The fourth-order valence-corrected chi connectivity index (χ4v) is 6.23. The molecule has 0 heterocycles. The van der Waals surface area contributed by atoms with Gasteiger partial charge in [-0.2, -0.15) is 13.2 Å². The number of amides is 1. The lowest BCUT2D eigenvalue weighted by atomic mass is 9.49. The molecular weight excluding hydrogens is 383 g/mol. The summed E-state index contributed by atoms with van der Waals surface area (Å²) in [5.74, 6) is 0.732. The Morgan fingerprint density at radius 2 is 1.66 bits per heavy atom. The molecule has 0 saturated heterocycles. The summed E-state index contributed by atoms with van der Waals surface area (Å²) in [5.41, 5.74) is -1.30. The molecule has 1 N–H and O–H groups in total. The molecule has 5 rings (SSSR count). The molecule has 0 unspecified atom stereocenters. The molecule has 1 atom stereocenters. The number of alkyl halides is 3. The number of rotatable bonds is 5. The molecule has 0 aliphatic heterocycles. The lowest BCUT2D eigenvalue weighted by molar-refractivity contribution is -0.153. The smallest absolute Gasteiger partial charge is 0.416 e. The van der Waals surface area contributed by atoms with Gasteiger partial charge in [-0.05, 0) is 67.9 Å². The highest BCUT2D eigenvalue weighted by molar-refractivity contribution is 5.88. The summed E-state index contributed by atoms with van der Waals surface area (Å²) in [6, 6.07) is 4.01. The molecule has 4 aliphatic rings. The molecule has 4 bridgehead atoms. The van der Waals surface area contributed by atoms with E-state index in [0.717, 1.165) is 25.3 Å². The first-order chi connectivity index (χ1) is 13.7. The second-order valence-corrected chi connectivity index (χ2v) is 9.11. The largest absolute Gasteiger partial charge is 0.467 e. The third-order valence-electron chi connectivity index (χ3n) is 7.06. The quantitative estimate of drug-likeness (QED) is 0.745. The van der Waals surface area contributed by atoms with Crippen molar-refractivity contribution in [1.82, 2.24) is 5.32 Å². The first-order valence-electron chi connectivity index (χ1n) is 10.2. The molecular formula is C22H26F3NO3. The van der Waals surface area contributed by atoms with Gasteiger partial charge in [-0.3, -0.25) is 4.79 Å². The number of carbonyl (C=O) groups is 2. The van der Waals surface area contributed by atoms with Gasteiger partial charge in [-0.1, -0.05) is 18.2 Å². The first kappa shape index (κ1) is 20.2. The van der Waals surface area contributed by atoms with Gasteiger partial charge in [0.05, 0.1) is 12.7 Å². The first-order valence-corrected chi connectivity index (χ1v) is 10.2. The molecule has 4 fully saturated rings. The zero-order valence-corrected chi connectivity index (χ0v) is 16.4. The minimum absolute atomic E-state index is 0.0267. The molecule has 4 aliphatic carbocycles. The van der Waals surface area contributed by atoms with Gasteiger partial charge >= 0.3 is 12.1 Å². The van der Waals surface area contributed by atoms with Gasteiger partial charge in [0, 0.05) is 11.8 Å². The van der Waals surface area contributed by atoms with Crippen molar-refractivity contribution in [3.63, 3.8) is 0 Å². The van der Waals surface area contributed by atoms with Gasteiger partial charge in [-0.15, -0.1) is 0 Å². The standard InChI is InChI=1S/C22H26F3NO3/c1-29-19(27)18(9-16-4-2-3-5-17(16)22(23,24)25)26-20(28)21-10-13-6-14(11-21)8-15(7-13)12-21/h2-5,13-15,18H,6-12H2,1H3,(H,26,28)/t13?,14?,15?,18-,21?/m1/s1. The topological polar surface area (TPSA) is 55.4 Å². The number of hydrogen-bond acceptors (Lipinski definition) is 3. The van der Waals surface area contributed by atoms with Gasteiger partial charge in [0.15, 0.2) is 0 Å². The fraction of sp³-hybridized carbons (Fsp3) is 0.636. The van der Waals surface area contributed by atoms with E-state index in [9.17, 15) is 22.8 Å². The lowest BCUT2D eigenvalue weighted by Gasteiger charge is -2.55. The van der Waals surface area contributed by atoms with Crippen molar-refractivity contribution in [3.8, 4) is 0 Å². The molecule has 1 aromatic rings. The van der Waals surface area contributed by atoms with E-state index in [4.69, 9.17) is 4.74 Å². The van der Waals surface area contributed by atoms with Crippen LogP contribution in [0.15, 0.2) is 24.3 Å². The van der Waals surface area contributed by atoms with E-state index in [0.29, 0.717) is 17.8 Å². The fourth-order valence-electron chi connectivity index (χ4n) is 6.23. The zero-order valence-electron chi connectivity index (χ0n) is 16.4. The molecule has 29 heavy (non-hydrogen) atoms. The Kier molecular flexibility index (Phi) is 5.11. The normalized spacial score (nSPS) is 31.4. The van der Waals surface area contributed by atoms with Crippen LogP contribution in [0.5, 0.6) is 0 Å². The molecule has 0 aromatic heterocycles. The predicted octanol–water partition coefficient (Wildman–Crippen LogP) is 4.12. The van der Waals surface area contributed by atoms with Gasteiger partial charge in [0.25, 0.3) is 0 Å². The summed E-state index contributed by atoms with van der Waals surface area (Å²) in [7, 11) is 1.18. The van der Waals surface area contributed by atoms with E-state index in [1.165, 1.54) is 44.6 Å². The second-order valence-electron chi connectivity index (χ2n) is 9.11. The Morgan fingerprint density at radius 3 is 2.17 bits per heavy atom.